The largest absolute Gasteiger partial charge is 0.421 e. The van der Waals surface area contributed by atoms with Gasteiger partial charge in [-0.05, 0) is 18.1 Å². The number of nitrogens with zero attached hydrogens (tertiary/aromatic N) is 4. The van der Waals surface area contributed by atoms with E-state index in [1.165, 1.54) is 4.57 Å². The minimum atomic E-state index is -0.484. The predicted molar refractivity (Wildman–Crippen MR) is 70.2 cm³/mol. The molecular formula is C13H14N4O3. The lowest BCUT2D eigenvalue weighted by atomic mass is 10.1. The Labute approximate surface area is 114 Å². The maximum Gasteiger partial charge on any atom is 0.421 e. The minimum Gasteiger partial charge on any atom is -0.406 e. The lowest BCUT2D eigenvalue weighted by Gasteiger charge is -1.97. The van der Waals surface area contributed by atoms with Crippen molar-refractivity contribution < 1.29 is 8.94 Å². The number of fused-ring (bicyclic) bond motifs is 1. The number of rotatable bonds is 4. The maximum absolute atomic E-state index is 11.8. The van der Waals surface area contributed by atoms with E-state index in [1.807, 2.05) is 0 Å². The van der Waals surface area contributed by atoms with E-state index in [9.17, 15) is 4.79 Å². The van der Waals surface area contributed by atoms with E-state index in [-0.39, 0.29) is 6.54 Å². The molecule has 0 aromatic carbocycles. The molecule has 0 atom stereocenters. The standard InChI is InChI=1S/C13H14N4O3/c1-8(2)6-10-15-11(20-16-10)7-17-12-9(19-13(17)18)4-3-5-14-12/h3-5,8H,6-7H2,1-2H3. The summed E-state index contributed by atoms with van der Waals surface area (Å²) in [7, 11) is 0. The molecule has 0 aliphatic rings. The van der Waals surface area contributed by atoms with Gasteiger partial charge in [0.15, 0.2) is 17.1 Å². The van der Waals surface area contributed by atoms with Gasteiger partial charge in [-0.25, -0.2) is 14.3 Å². The van der Waals surface area contributed by atoms with E-state index in [2.05, 4.69) is 29.0 Å². The molecule has 0 radical (unpaired) electrons. The Kier molecular flexibility index (Phi) is 3.09. The lowest BCUT2D eigenvalue weighted by molar-refractivity contribution is 0.360. The van der Waals surface area contributed by atoms with Crippen molar-refractivity contribution in [2.75, 3.05) is 0 Å². The lowest BCUT2D eigenvalue weighted by Crippen LogP contribution is -2.15. The molecule has 0 saturated carbocycles. The Morgan fingerprint density at radius 3 is 3.05 bits per heavy atom. The van der Waals surface area contributed by atoms with Crippen LogP contribution in [0.1, 0.15) is 25.6 Å². The van der Waals surface area contributed by atoms with Crippen molar-refractivity contribution in [2.45, 2.75) is 26.8 Å². The zero-order chi connectivity index (χ0) is 14.1. The number of oxazole rings is 1. The minimum absolute atomic E-state index is 0.161. The summed E-state index contributed by atoms with van der Waals surface area (Å²) in [5.41, 5.74) is 0.917. The van der Waals surface area contributed by atoms with Crippen molar-refractivity contribution in [3.63, 3.8) is 0 Å². The smallest absolute Gasteiger partial charge is 0.406 e. The molecule has 0 bridgehead atoms. The quantitative estimate of drug-likeness (QED) is 0.718. The second-order valence-corrected chi connectivity index (χ2v) is 4.98. The molecule has 7 nitrogen and oxygen atoms in total. The van der Waals surface area contributed by atoms with E-state index < -0.39 is 5.76 Å². The number of hydrogen-bond donors (Lipinski definition) is 0. The molecule has 3 rings (SSSR count). The van der Waals surface area contributed by atoms with Gasteiger partial charge in [-0.1, -0.05) is 19.0 Å². The van der Waals surface area contributed by atoms with Crippen LogP contribution in [0.3, 0.4) is 0 Å². The molecule has 0 saturated heterocycles. The fourth-order valence-corrected chi connectivity index (χ4v) is 1.98. The molecule has 0 aliphatic carbocycles. The molecule has 3 aromatic rings. The van der Waals surface area contributed by atoms with Crippen LogP contribution in [0.15, 0.2) is 32.1 Å². The number of hydrogen-bond acceptors (Lipinski definition) is 6. The summed E-state index contributed by atoms with van der Waals surface area (Å²) in [5.74, 6) is 0.974. The third-order valence-corrected chi connectivity index (χ3v) is 2.82. The average molecular weight is 274 g/mol. The summed E-state index contributed by atoms with van der Waals surface area (Å²) in [6, 6.07) is 3.40. The van der Waals surface area contributed by atoms with E-state index in [4.69, 9.17) is 8.94 Å². The first-order chi connectivity index (χ1) is 9.63. The van der Waals surface area contributed by atoms with E-state index in [0.29, 0.717) is 28.9 Å². The van der Waals surface area contributed by atoms with Gasteiger partial charge >= 0.3 is 5.76 Å². The summed E-state index contributed by atoms with van der Waals surface area (Å²) >= 11 is 0. The van der Waals surface area contributed by atoms with Gasteiger partial charge in [0.2, 0.25) is 5.89 Å². The Morgan fingerprint density at radius 2 is 2.25 bits per heavy atom. The van der Waals surface area contributed by atoms with Crippen LogP contribution in [0.5, 0.6) is 0 Å². The van der Waals surface area contributed by atoms with Gasteiger partial charge in [-0.15, -0.1) is 0 Å². The molecule has 0 aliphatic heterocycles. The zero-order valence-corrected chi connectivity index (χ0v) is 11.2. The molecule has 0 unspecified atom stereocenters. The SMILES string of the molecule is CC(C)Cc1noc(Cn2c(=O)oc3cccnc32)n1. The third kappa shape index (κ3) is 2.34. The van der Waals surface area contributed by atoms with Crippen molar-refractivity contribution in [1.82, 2.24) is 19.7 Å². The monoisotopic (exact) mass is 274 g/mol. The molecular weight excluding hydrogens is 260 g/mol. The summed E-state index contributed by atoms with van der Waals surface area (Å²) in [5, 5.41) is 3.89. The normalized spacial score (nSPS) is 11.6. The highest BCUT2D eigenvalue weighted by atomic mass is 16.5. The maximum atomic E-state index is 11.8. The average Bonchev–Trinajstić information content (AvgIpc) is 2.95. The molecule has 3 heterocycles. The molecule has 0 amide bonds. The van der Waals surface area contributed by atoms with Crippen molar-refractivity contribution in [3.8, 4) is 0 Å². The Morgan fingerprint density at radius 1 is 1.40 bits per heavy atom. The molecule has 0 N–H and O–H groups in total. The second-order valence-electron chi connectivity index (χ2n) is 4.98. The Bertz CT molecular complexity index is 784. The second kappa shape index (κ2) is 4.92. The van der Waals surface area contributed by atoms with Gasteiger partial charge in [0.05, 0.1) is 0 Å². The van der Waals surface area contributed by atoms with Crippen LogP contribution in [0.4, 0.5) is 0 Å². The van der Waals surface area contributed by atoms with Gasteiger partial charge < -0.3 is 8.94 Å². The zero-order valence-electron chi connectivity index (χ0n) is 11.2. The van der Waals surface area contributed by atoms with Crippen LogP contribution in [-0.2, 0) is 13.0 Å². The fraction of sp³-hybridized carbons (Fsp3) is 0.385. The van der Waals surface area contributed by atoms with Gasteiger partial charge in [0, 0.05) is 12.6 Å². The first-order valence-corrected chi connectivity index (χ1v) is 6.39. The predicted octanol–water partition coefficient (Wildman–Crippen LogP) is 1.62. The topological polar surface area (TPSA) is 87.0 Å². The molecule has 0 spiro atoms. The molecule has 104 valence electrons. The van der Waals surface area contributed by atoms with Crippen LogP contribution in [0.25, 0.3) is 11.2 Å². The first-order valence-electron chi connectivity index (χ1n) is 6.39. The van der Waals surface area contributed by atoms with Crippen molar-refractivity contribution in [3.05, 3.63) is 40.6 Å². The number of aromatic nitrogens is 4. The molecule has 7 heteroatoms. The summed E-state index contributed by atoms with van der Waals surface area (Å²) in [4.78, 5) is 20.2. The summed E-state index contributed by atoms with van der Waals surface area (Å²) in [6.07, 6.45) is 2.34. The van der Waals surface area contributed by atoms with Gasteiger partial charge in [0.25, 0.3) is 0 Å². The highest BCUT2D eigenvalue weighted by Crippen LogP contribution is 2.11. The van der Waals surface area contributed by atoms with Crippen LogP contribution in [0.2, 0.25) is 0 Å². The van der Waals surface area contributed by atoms with Crippen molar-refractivity contribution in [2.24, 2.45) is 5.92 Å². The molecule has 3 aromatic heterocycles. The third-order valence-electron chi connectivity index (χ3n) is 2.82. The van der Waals surface area contributed by atoms with Crippen LogP contribution in [0, 0.1) is 5.92 Å². The van der Waals surface area contributed by atoms with Crippen molar-refractivity contribution in [1.29, 1.82) is 0 Å². The van der Waals surface area contributed by atoms with Crippen molar-refractivity contribution >= 4 is 11.2 Å². The van der Waals surface area contributed by atoms with Gasteiger partial charge in [-0.3, -0.25) is 0 Å². The van der Waals surface area contributed by atoms with Gasteiger partial charge in [0.1, 0.15) is 6.54 Å². The van der Waals surface area contributed by atoms with Crippen LogP contribution < -0.4 is 5.76 Å². The Balaban J connectivity index is 1.91. The van der Waals surface area contributed by atoms with E-state index in [1.54, 1.807) is 18.3 Å². The highest BCUT2D eigenvalue weighted by Gasteiger charge is 2.14. The van der Waals surface area contributed by atoms with Gasteiger partial charge in [-0.2, -0.15) is 4.98 Å². The van der Waals surface area contributed by atoms with Crippen LogP contribution >= 0.6 is 0 Å². The van der Waals surface area contributed by atoms with E-state index in [0.717, 1.165) is 6.42 Å². The number of pyridine rings is 1. The molecule has 20 heavy (non-hydrogen) atoms. The van der Waals surface area contributed by atoms with E-state index >= 15 is 0 Å². The summed E-state index contributed by atoms with van der Waals surface area (Å²) in [6.45, 7) is 4.32. The first kappa shape index (κ1) is 12.6. The highest BCUT2D eigenvalue weighted by molar-refractivity contribution is 5.67. The van der Waals surface area contributed by atoms with Crippen LogP contribution in [-0.4, -0.2) is 19.7 Å². The Hall–Kier alpha value is -2.44. The summed E-state index contributed by atoms with van der Waals surface area (Å²) < 4.78 is 11.6. The molecule has 0 fully saturated rings. The fourth-order valence-electron chi connectivity index (χ4n) is 1.98.